The summed E-state index contributed by atoms with van der Waals surface area (Å²) in [5, 5.41) is 23.2. The Morgan fingerprint density at radius 3 is 0.787 bits per heavy atom. The zero-order valence-corrected chi connectivity index (χ0v) is 35.7. The van der Waals surface area contributed by atoms with Crippen molar-refractivity contribution in [3.05, 3.63) is 0 Å². The van der Waals surface area contributed by atoms with Gasteiger partial charge in [0.05, 0.1) is 11.9 Å². The van der Waals surface area contributed by atoms with Crippen molar-refractivity contribution in [2.75, 3.05) is 0 Å². The number of ether oxygens (including phenoxy) is 2. The SMILES string of the molecule is CCCCCCCCCCCCCCCCCC1(CCCCCCCCCCCCCCCCC)O[C@@H](C(=O)[O-])[C@H](C(=O)[O-])O1.[Na+].[Na+]. The zero-order valence-electron chi connectivity index (χ0n) is 31.7. The van der Waals surface area contributed by atoms with Gasteiger partial charge in [-0.3, -0.25) is 0 Å². The summed E-state index contributed by atoms with van der Waals surface area (Å²) in [7, 11) is 0. The van der Waals surface area contributed by atoms with Crippen LogP contribution in [0.4, 0.5) is 0 Å². The number of carbonyl (C=O) groups is 2. The third-order valence-corrected chi connectivity index (χ3v) is 9.75. The molecule has 0 amide bonds. The molecular formula is C39H72Na2O6. The van der Waals surface area contributed by atoms with Crippen molar-refractivity contribution in [2.45, 2.75) is 237 Å². The predicted octanol–water partition coefficient (Wildman–Crippen LogP) is 3.50. The molecule has 0 saturated carbocycles. The van der Waals surface area contributed by atoms with Crippen molar-refractivity contribution in [1.82, 2.24) is 0 Å². The second kappa shape index (κ2) is 35.3. The molecule has 1 aliphatic rings. The molecule has 0 aromatic rings. The first kappa shape index (κ1) is 50.0. The maximum absolute atomic E-state index is 11.6. The summed E-state index contributed by atoms with van der Waals surface area (Å²) in [6, 6.07) is 0. The van der Waals surface area contributed by atoms with Gasteiger partial charge in [-0.2, -0.15) is 0 Å². The van der Waals surface area contributed by atoms with Crippen LogP contribution >= 0.6 is 0 Å². The fourth-order valence-electron chi connectivity index (χ4n) is 6.85. The van der Waals surface area contributed by atoms with Crippen LogP contribution in [0.5, 0.6) is 0 Å². The summed E-state index contributed by atoms with van der Waals surface area (Å²) in [5.41, 5.74) is 0. The first-order valence-electron chi connectivity index (χ1n) is 19.7. The summed E-state index contributed by atoms with van der Waals surface area (Å²) < 4.78 is 11.6. The van der Waals surface area contributed by atoms with Crippen molar-refractivity contribution < 1.29 is 88.4 Å². The van der Waals surface area contributed by atoms with Crippen molar-refractivity contribution in [1.29, 1.82) is 0 Å². The maximum Gasteiger partial charge on any atom is 1.00 e. The summed E-state index contributed by atoms with van der Waals surface area (Å²) in [6.45, 7) is 4.53. The molecule has 0 aliphatic carbocycles. The fraction of sp³-hybridized carbons (Fsp3) is 0.949. The van der Waals surface area contributed by atoms with Gasteiger partial charge in [-0.15, -0.1) is 0 Å². The van der Waals surface area contributed by atoms with Gasteiger partial charge in [0.25, 0.3) is 0 Å². The van der Waals surface area contributed by atoms with E-state index in [-0.39, 0.29) is 59.1 Å². The first-order valence-corrected chi connectivity index (χ1v) is 19.7. The molecule has 8 heteroatoms. The fourth-order valence-corrected chi connectivity index (χ4v) is 6.85. The van der Waals surface area contributed by atoms with E-state index in [1.807, 2.05) is 0 Å². The molecule has 1 fully saturated rings. The quantitative estimate of drug-likeness (QED) is 0.0762. The minimum absolute atomic E-state index is 0. The third-order valence-electron chi connectivity index (χ3n) is 9.75. The molecule has 1 rings (SSSR count). The summed E-state index contributed by atoms with van der Waals surface area (Å²) >= 11 is 0. The van der Waals surface area contributed by atoms with Crippen LogP contribution in [0.25, 0.3) is 0 Å². The number of unbranched alkanes of at least 4 members (excludes halogenated alkanes) is 28. The van der Waals surface area contributed by atoms with Crippen LogP contribution in [0.1, 0.15) is 219 Å². The average molecular weight is 683 g/mol. The smallest absolute Gasteiger partial charge is 0.547 e. The Morgan fingerprint density at radius 1 is 0.404 bits per heavy atom. The van der Waals surface area contributed by atoms with Crippen LogP contribution < -0.4 is 69.3 Å². The number of hydrogen-bond acceptors (Lipinski definition) is 6. The van der Waals surface area contributed by atoms with Crippen molar-refractivity contribution in [2.24, 2.45) is 0 Å². The summed E-state index contributed by atoms with van der Waals surface area (Å²) in [6.07, 6.45) is 35.8. The van der Waals surface area contributed by atoms with Crippen LogP contribution in [-0.2, 0) is 19.1 Å². The predicted molar refractivity (Wildman–Crippen MR) is 182 cm³/mol. The zero-order chi connectivity index (χ0) is 32.9. The number of rotatable bonds is 34. The second-order valence-corrected chi connectivity index (χ2v) is 14.0. The van der Waals surface area contributed by atoms with E-state index in [4.69, 9.17) is 9.47 Å². The molecule has 1 heterocycles. The third kappa shape index (κ3) is 27.2. The Morgan fingerprint density at radius 2 is 0.596 bits per heavy atom. The molecule has 0 N–H and O–H groups in total. The van der Waals surface area contributed by atoms with Crippen LogP contribution in [0.15, 0.2) is 0 Å². The summed E-state index contributed by atoms with van der Waals surface area (Å²) in [5.74, 6) is -4.25. The molecule has 1 saturated heterocycles. The second-order valence-electron chi connectivity index (χ2n) is 14.0. The Hall–Kier alpha value is 0.860. The Kier molecular flexibility index (Phi) is 37.5. The van der Waals surface area contributed by atoms with Gasteiger partial charge in [-0.1, -0.05) is 194 Å². The van der Waals surface area contributed by atoms with E-state index >= 15 is 0 Å². The number of carboxylic acid groups (broad SMARTS) is 2. The van der Waals surface area contributed by atoms with Crippen LogP contribution in [0.2, 0.25) is 0 Å². The van der Waals surface area contributed by atoms with Crippen LogP contribution in [-0.4, -0.2) is 29.9 Å². The van der Waals surface area contributed by atoms with Crippen LogP contribution in [0, 0.1) is 0 Å². The van der Waals surface area contributed by atoms with Gasteiger partial charge in [0, 0.05) is 12.8 Å². The van der Waals surface area contributed by atoms with Gasteiger partial charge in [0.2, 0.25) is 0 Å². The first-order chi connectivity index (χ1) is 22.0. The standard InChI is InChI=1S/C39H74O6.2Na/c1-3-5-7-9-11-13-15-17-19-21-23-25-27-29-31-33-39(44-35(37(40)41)36(45-39)38(42)43)34-32-30-28-26-24-22-20-18-16-14-12-10-8-6-4-2;;/h35-36H,3-34H2,1-2H3,(H,40,41)(H,42,43);;/q;2*+1/p-2/t35-,36-;;/m1../s1. The normalized spacial score (nSPS) is 16.9. The average Bonchev–Trinajstić information content (AvgIpc) is 3.42. The minimum Gasteiger partial charge on any atom is -0.547 e. The molecule has 0 radical (unpaired) electrons. The van der Waals surface area contributed by atoms with E-state index in [1.165, 1.54) is 154 Å². The van der Waals surface area contributed by atoms with Crippen molar-refractivity contribution >= 4 is 11.9 Å². The van der Waals surface area contributed by atoms with Crippen LogP contribution in [0.3, 0.4) is 0 Å². The number of carboxylic acids is 2. The van der Waals surface area contributed by atoms with E-state index in [0.717, 1.165) is 38.5 Å². The van der Waals surface area contributed by atoms with Gasteiger partial charge in [-0.25, -0.2) is 0 Å². The van der Waals surface area contributed by atoms with Gasteiger partial charge in [0.15, 0.2) is 5.79 Å². The van der Waals surface area contributed by atoms with Crippen molar-refractivity contribution in [3.8, 4) is 0 Å². The molecule has 47 heavy (non-hydrogen) atoms. The maximum atomic E-state index is 11.6. The molecule has 1 aliphatic heterocycles. The molecule has 0 bridgehead atoms. The largest absolute Gasteiger partial charge is 1.00 e. The Balaban J connectivity index is 0. The minimum atomic E-state index is -1.61. The molecule has 0 aromatic heterocycles. The van der Waals surface area contributed by atoms with E-state index in [1.54, 1.807) is 0 Å². The van der Waals surface area contributed by atoms with Gasteiger partial charge >= 0.3 is 59.1 Å². The van der Waals surface area contributed by atoms with E-state index in [0.29, 0.717) is 12.8 Å². The molecule has 2 atom stereocenters. The molecule has 0 aromatic carbocycles. The van der Waals surface area contributed by atoms with Crippen molar-refractivity contribution in [3.63, 3.8) is 0 Å². The van der Waals surface area contributed by atoms with E-state index in [9.17, 15) is 19.8 Å². The topological polar surface area (TPSA) is 98.7 Å². The molecule has 0 unspecified atom stereocenters. The Labute approximate surface area is 335 Å². The number of aliphatic carboxylic acids is 2. The molecule has 0 spiro atoms. The molecular weight excluding hydrogens is 610 g/mol. The Bertz CT molecular complexity index is 649. The van der Waals surface area contributed by atoms with Gasteiger partial charge in [-0.05, 0) is 12.8 Å². The monoisotopic (exact) mass is 683 g/mol. The number of carbonyl (C=O) groups excluding carboxylic acids is 2. The number of hydrogen-bond donors (Lipinski definition) is 0. The van der Waals surface area contributed by atoms with Gasteiger partial charge < -0.3 is 29.3 Å². The van der Waals surface area contributed by atoms with Gasteiger partial charge in [0.1, 0.15) is 12.2 Å². The summed E-state index contributed by atoms with van der Waals surface area (Å²) in [4.78, 5) is 23.2. The molecule has 266 valence electrons. The van der Waals surface area contributed by atoms with E-state index < -0.39 is 29.9 Å². The van der Waals surface area contributed by atoms with E-state index in [2.05, 4.69) is 13.8 Å². The molecule has 6 nitrogen and oxygen atoms in total.